The van der Waals surface area contributed by atoms with Gasteiger partial charge in [0.2, 0.25) is 0 Å². The summed E-state index contributed by atoms with van der Waals surface area (Å²) >= 11 is 1.71. The van der Waals surface area contributed by atoms with Crippen LogP contribution in [0.1, 0.15) is 11.1 Å². The maximum Gasteiger partial charge on any atom is 0.151 e. The van der Waals surface area contributed by atoms with E-state index in [0.29, 0.717) is 11.3 Å². The van der Waals surface area contributed by atoms with Gasteiger partial charge < -0.3 is 4.90 Å². The van der Waals surface area contributed by atoms with Crippen LogP contribution in [0.4, 0.5) is 11.4 Å². The third-order valence-corrected chi connectivity index (χ3v) is 7.27. The van der Waals surface area contributed by atoms with Crippen molar-refractivity contribution in [3.05, 3.63) is 174 Å². The highest BCUT2D eigenvalue weighted by molar-refractivity contribution is 7.17. The summed E-state index contributed by atoms with van der Waals surface area (Å²) in [6.45, 7) is 8.52. The first-order valence-electron chi connectivity index (χ1n) is 12.9. The van der Waals surface area contributed by atoms with Gasteiger partial charge in [0.05, 0.1) is 16.1 Å². The van der Waals surface area contributed by atoms with E-state index in [1.807, 2.05) is 103 Å². The fourth-order valence-electron chi connectivity index (χ4n) is 4.28. The number of hydrogen-bond donors (Lipinski definition) is 1. The van der Waals surface area contributed by atoms with Crippen LogP contribution in [0.3, 0.4) is 0 Å². The van der Waals surface area contributed by atoms with Gasteiger partial charge in [0.15, 0.2) is 5.84 Å². The van der Waals surface area contributed by atoms with Crippen LogP contribution in [0, 0.1) is 5.41 Å². The molecule has 0 aliphatic heterocycles. The number of benzene rings is 4. The molecule has 0 unspecified atom stereocenters. The monoisotopic (exact) mass is 535 g/mol. The molecule has 0 saturated heterocycles. The predicted molar refractivity (Wildman–Crippen MR) is 174 cm³/mol. The van der Waals surface area contributed by atoms with Gasteiger partial charge in [0, 0.05) is 22.5 Å². The van der Waals surface area contributed by atoms with Gasteiger partial charge in [-0.15, -0.1) is 11.3 Å². The number of aliphatic imine (C=N–C) groups is 1. The molecule has 4 aromatic carbocycles. The van der Waals surface area contributed by atoms with Crippen molar-refractivity contribution in [2.45, 2.75) is 0 Å². The minimum absolute atomic E-state index is 0.0900. The van der Waals surface area contributed by atoms with Crippen molar-refractivity contribution in [2.24, 2.45) is 4.99 Å². The highest BCUT2D eigenvalue weighted by Crippen LogP contribution is 2.37. The standard InChI is InChI=1S/C36H29N3S/c1-27(36(37)38-33(30-15-8-4-9-16-30)24-23-29-13-6-3-7-14-29)21-22-28(2)39(32-18-10-5-11-19-32)34-20-12-17-31-25-26-40-35(31)34/h3-26,37H,1-2H2. The molecular formula is C36H29N3S. The van der Waals surface area contributed by atoms with E-state index in [1.54, 1.807) is 11.3 Å². The maximum absolute atomic E-state index is 8.71. The molecule has 40 heavy (non-hydrogen) atoms. The molecule has 1 heterocycles. The second-order valence-electron chi connectivity index (χ2n) is 9.09. The SMILES string of the molecule is C=C(C=CC(=C)N(c1ccccc1)c1cccc2ccsc12)C(=N)N=C(C=Cc1ccccc1)c1ccccc1. The number of para-hydroxylation sites is 1. The summed E-state index contributed by atoms with van der Waals surface area (Å²) in [6.07, 6.45) is 7.65. The topological polar surface area (TPSA) is 39.5 Å². The van der Waals surface area contributed by atoms with Gasteiger partial charge in [0.25, 0.3) is 0 Å². The van der Waals surface area contributed by atoms with Crippen molar-refractivity contribution in [3.8, 4) is 0 Å². The first-order valence-corrected chi connectivity index (χ1v) is 13.8. The largest absolute Gasteiger partial charge is 0.310 e. The van der Waals surface area contributed by atoms with Crippen molar-refractivity contribution >= 4 is 50.4 Å². The summed E-state index contributed by atoms with van der Waals surface area (Å²) in [6, 6.07) is 38.5. The number of amidine groups is 1. The Balaban J connectivity index is 1.42. The number of fused-ring (bicyclic) bond motifs is 1. The summed E-state index contributed by atoms with van der Waals surface area (Å²) < 4.78 is 1.19. The quantitative estimate of drug-likeness (QED) is 0.114. The number of nitrogens with one attached hydrogen (secondary N) is 1. The van der Waals surface area contributed by atoms with E-state index in [0.717, 1.165) is 28.2 Å². The molecule has 3 nitrogen and oxygen atoms in total. The lowest BCUT2D eigenvalue weighted by Crippen LogP contribution is -2.14. The Labute approximate surface area is 239 Å². The lowest BCUT2D eigenvalue weighted by atomic mass is 10.1. The Morgan fingerprint density at radius 2 is 1.40 bits per heavy atom. The highest BCUT2D eigenvalue weighted by atomic mass is 32.1. The van der Waals surface area contributed by atoms with Gasteiger partial charge in [-0.05, 0) is 58.8 Å². The van der Waals surface area contributed by atoms with Gasteiger partial charge in [-0.25, -0.2) is 4.99 Å². The lowest BCUT2D eigenvalue weighted by Gasteiger charge is -2.26. The van der Waals surface area contributed by atoms with Crippen molar-refractivity contribution in [2.75, 3.05) is 4.90 Å². The first-order chi connectivity index (χ1) is 19.6. The second-order valence-corrected chi connectivity index (χ2v) is 10.0. The molecule has 0 aliphatic rings. The van der Waals surface area contributed by atoms with Gasteiger partial charge in [-0.3, -0.25) is 5.41 Å². The Morgan fingerprint density at radius 3 is 2.12 bits per heavy atom. The average Bonchev–Trinajstić information content (AvgIpc) is 3.49. The Bertz CT molecular complexity index is 1730. The molecule has 5 aromatic rings. The zero-order valence-corrected chi connectivity index (χ0v) is 22.9. The highest BCUT2D eigenvalue weighted by Gasteiger charge is 2.15. The molecule has 0 amide bonds. The molecule has 194 valence electrons. The minimum atomic E-state index is 0.0900. The van der Waals surface area contributed by atoms with Crippen LogP contribution in [-0.4, -0.2) is 11.5 Å². The van der Waals surface area contributed by atoms with Crippen LogP contribution >= 0.6 is 11.3 Å². The van der Waals surface area contributed by atoms with Gasteiger partial charge in [-0.1, -0.05) is 110 Å². The van der Waals surface area contributed by atoms with Crippen molar-refractivity contribution in [1.82, 2.24) is 0 Å². The van der Waals surface area contributed by atoms with E-state index in [4.69, 9.17) is 5.41 Å². The molecule has 0 atom stereocenters. The molecule has 5 rings (SSSR count). The van der Waals surface area contributed by atoms with E-state index in [2.05, 4.69) is 64.8 Å². The molecule has 1 aromatic heterocycles. The number of allylic oxidation sites excluding steroid dienone is 2. The lowest BCUT2D eigenvalue weighted by molar-refractivity contribution is 1.23. The smallest absolute Gasteiger partial charge is 0.151 e. The van der Waals surface area contributed by atoms with Crippen LogP contribution in [0.5, 0.6) is 0 Å². The Hall–Kier alpha value is -5.06. The maximum atomic E-state index is 8.71. The number of thiophene rings is 1. The molecule has 4 heteroatoms. The molecule has 0 aliphatic carbocycles. The molecule has 0 spiro atoms. The third kappa shape index (κ3) is 6.32. The normalized spacial score (nSPS) is 11.8. The summed E-state index contributed by atoms with van der Waals surface area (Å²) in [5.41, 5.74) is 6.01. The third-order valence-electron chi connectivity index (χ3n) is 6.32. The minimum Gasteiger partial charge on any atom is -0.310 e. The van der Waals surface area contributed by atoms with Gasteiger partial charge >= 0.3 is 0 Å². The molecule has 0 saturated carbocycles. The Kier molecular flexibility index (Phi) is 8.40. The summed E-state index contributed by atoms with van der Waals surface area (Å²) in [7, 11) is 0. The van der Waals surface area contributed by atoms with E-state index in [-0.39, 0.29) is 5.84 Å². The zero-order chi connectivity index (χ0) is 27.7. The van der Waals surface area contributed by atoms with Crippen LogP contribution in [0.15, 0.2) is 168 Å². The molecule has 0 fully saturated rings. The van der Waals surface area contributed by atoms with E-state index < -0.39 is 0 Å². The predicted octanol–water partition coefficient (Wildman–Crippen LogP) is 9.85. The Morgan fingerprint density at radius 1 is 0.725 bits per heavy atom. The molecule has 0 radical (unpaired) electrons. The fraction of sp³-hybridized carbons (Fsp3) is 0. The van der Waals surface area contributed by atoms with Crippen LogP contribution in [-0.2, 0) is 0 Å². The number of nitrogens with zero attached hydrogens (tertiary/aromatic N) is 2. The van der Waals surface area contributed by atoms with Crippen LogP contribution < -0.4 is 4.90 Å². The summed E-state index contributed by atoms with van der Waals surface area (Å²) in [5, 5.41) is 12.0. The summed E-state index contributed by atoms with van der Waals surface area (Å²) in [5.74, 6) is 0.0900. The fourth-order valence-corrected chi connectivity index (χ4v) is 5.18. The summed E-state index contributed by atoms with van der Waals surface area (Å²) in [4.78, 5) is 6.79. The van der Waals surface area contributed by atoms with Crippen LogP contribution in [0.2, 0.25) is 0 Å². The first kappa shape index (κ1) is 26.5. The van der Waals surface area contributed by atoms with Crippen molar-refractivity contribution < 1.29 is 0 Å². The van der Waals surface area contributed by atoms with E-state index in [1.165, 1.54) is 10.1 Å². The van der Waals surface area contributed by atoms with Gasteiger partial charge in [-0.2, -0.15) is 0 Å². The molecule has 1 N–H and O–H groups in total. The van der Waals surface area contributed by atoms with E-state index >= 15 is 0 Å². The number of rotatable bonds is 9. The number of hydrogen-bond acceptors (Lipinski definition) is 3. The van der Waals surface area contributed by atoms with Crippen molar-refractivity contribution in [3.63, 3.8) is 0 Å². The molecular weight excluding hydrogens is 506 g/mol. The van der Waals surface area contributed by atoms with Gasteiger partial charge in [0.1, 0.15) is 0 Å². The molecule has 0 bridgehead atoms. The average molecular weight is 536 g/mol. The number of anilines is 2. The zero-order valence-electron chi connectivity index (χ0n) is 22.1. The van der Waals surface area contributed by atoms with E-state index in [9.17, 15) is 0 Å². The second kappa shape index (κ2) is 12.7. The van der Waals surface area contributed by atoms with Crippen LogP contribution in [0.25, 0.3) is 16.2 Å². The van der Waals surface area contributed by atoms with Crippen molar-refractivity contribution in [1.29, 1.82) is 5.41 Å².